The lowest BCUT2D eigenvalue weighted by molar-refractivity contribution is 0.592. The molecule has 0 aliphatic carbocycles. The Labute approximate surface area is 124 Å². The zero-order valence-corrected chi connectivity index (χ0v) is 12.8. The van der Waals surface area contributed by atoms with Crippen LogP contribution in [0.5, 0.6) is 0 Å². The summed E-state index contributed by atoms with van der Waals surface area (Å²) in [5, 5.41) is 0.773. The molecule has 2 aromatic carbocycles. The Morgan fingerprint density at radius 1 is 0.905 bits per heavy atom. The van der Waals surface area contributed by atoms with Gasteiger partial charge in [0.25, 0.3) is 0 Å². The lowest BCUT2D eigenvalue weighted by atomic mass is 10.2. The van der Waals surface area contributed by atoms with E-state index in [1.165, 1.54) is 0 Å². The third kappa shape index (κ3) is 2.25. The molecule has 0 atom stereocenters. The summed E-state index contributed by atoms with van der Waals surface area (Å²) < 4.78 is 27.7. The van der Waals surface area contributed by atoms with Crippen LogP contribution in [0.25, 0.3) is 10.9 Å². The maximum absolute atomic E-state index is 12.9. The molecular formula is C17H17NO2S. The first-order valence-electron chi connectivity index (χ1n) is 6.91. The smallest absolute Gasteiger partial charge is 0.208 e. The Kier molecular flexibility index (Phi) is 3.33. The summed E-state index contributed by atoms with van der Waals surface area (Å²) in [6, 6.07) is 16.4. The van der Waals surface area contributed by atoms with Gasteiger partial charge >= 0.3 is 0 Å². The maximum atomic E-state index is 12.9. The molecule has 21 heavy (non-hydrogen) atoms. The van der Waals surface area contributed by atoms with E-state index in [0.717, 1.165) is 10.9 Å². The highest BCUT2D eigenvalue weighted by Gasteiger charge is 2.23. The number of rotatable bonds is 3. The minimum atomic E-state index is -3.50. The third-order valence-electron chi connectivity index (χ3n) is 3.60. The minimum Gasteiger partial charge on any atom is -0.344 e. The predicted octanol–water partition coefficient (Wildman–Crippen LogP) is 4.06. The summed E-state index contributed by atoms with van der Waals surface area (Å²) in [4.78, 5) is 0.703. The van der Waals surface area contributed by atoms with Crippen LogP contribution in [0.3, 0.4) is 0 Å². The van der Waals surface area contributed by atoms with E-state index in [1.807, 2.05) is 48.7 Å². The summed E-state index contributed by atoms with van der Waals surface area (Å²) in [6.45, 7) is 4.09. The van der Waals surface area contributed by atoms with Crippen molar-refractivity contribution in [3.8, 4) is 0 Å². The van der Waals surface area contributed by atoms with Crippen molar-refractivity contribution in [1.29, 1.82) is 0 Å². The van der Waals surface area contributed by atoms with Gasteiger partial charge in [0.1, 0.15) is 0 Å². The topological polar surface area (TPSA) is 39.1 Å². The van der Waals surface area contributed by atoms with Crippen molar-refractivity contribution in [3.05, 3.63) is 60.8 Å². The fraction of sp³-hybridized carbons (Fsp3) is 0.176. The van der Waals surface area contributed by atoms with Crippen LogP contribution in [-0.4, -0.2) is 13.0 Å². The molecule has 0 unspecified atom stereocenters. The van der Waals surface area contributed by atoms with E-state index in [2.05, 4.69) is 0 Å². The fourth-order valence-electron chi connectivity index (χ4n) is 2.54. The van der Waals surface area contributed by atoms with Gasteiger partial charge in [0.15, 0.2) is 0 Å². The van der Waals surface area contributed by atoms with Crippen LogP contribution in [0.2, 0.25) is 0 Å². The van der Waals surface area contributed by atoms with Gasteiger partial charge in [0.05, 0.1) is 9.79 Å². The van der Waals surface area contributed by atoms with Crippen LogP contribution in [-0.2, 0) is 9.84 Å². The van der Waals surface area contributed by atoms with E-state index in [9.17, 15) is 8.42 Å². The molecule has 0 saturated carbocycles. The van der Waals surface area contributed by atoms with Crippen molar-refractivity contribution in [1.82, 2.24) is 4.57 Å². The SMILES string of the molecule is CC(C)n1cc(S(=O)(=O)c2ccccc2)c2ccccc21. The molecule has 0 fully saturated rings. The molecular weight excluding hydrogens is 282 g/mol. The van der Waals surface area contributed by atoms with Gasteiger partial charge in [-0.2, -0.15) is 0 Å². The molecule has 0 radical (unpaired) electrons. The number of benzene rings is 2. The molecule has 0 aliphatic rings. The molecule has 4 heteroatoms. The number of aromatic nitrogens is 1. The van der Waals surface area contributed by atoms with Crippen LogP contribution in [0.4, 0.5) is 0 Å². The number of hydrogen-bond acceptors (Lipinski definition) is 2. The highest BCUT2D eigenvalue weighted by atomic mass is 32.2. The second-order valence-corrected chi connectivity index (χ2v) is 7.25. The van der Waals surface area contributed by atoms with E-state index in [4.69, 9.17) is 0 Å². The summed E-state index contributed by atoms with van der Waals surface area (Å²) in [7, 11) is -3.50. The Balaban J connectivity index is 2.31. The first-order valence-corrected chi connectivity index (χ1v) is 8.40. The number of sulfone groups is 1. The average Bonchev–Trinajstić information content (AvgIpc) is 2.88. The molecule has 0 amide bonds. The number of nitrogens with zero attached hydrogens (tertiary/aromatic N) is 1. The van der Waals surface area contributed by atoms with Crippen molar-refractivity contribution in [2.45, 2.75) is 29.7 Å². The molecule has 0 bridgehead atoms. The minimum absolute atomic E-state index is 0.203. The number of fused-ring (bicyclic) bond motifs is 1. The van der Waals surface area contributed by atoms with E-state index in [-0.39, 0.29) is 6.04 Å². The van der Waals surface area contributed by atoms with Gasteiger partial charge in [-0.3, -0.25) is 0 Å². The molecule has 3 aromatic rings. The molecule has 0 N–H and O–H groups in total. The largest absolute Gasteiger partial charge is 0.344 e. The van der Waals surface area contributed by atoms with Gasteiger partial charge < -0.3 is 4.57 Å². The van der Waals surface area contributed by atoms with Crippen molar-refractivity contribution in [2.24, 2.45) is 0 Å². The van der Waals surface area contributed by atoms with Crippen LogP contribution in [0.1, 0.15) is 19.9 Å². The second kappa shape index (κ2) is 5.04. The van der Waals surface area contributed by atoms with Gasteiger partial charge in [0.2, 0.25) is 9.84 Å². The zero-order chi connectivity index (χ0) is 15.0. The summed E-state index contributed by atoms with van der Waals surface area (Å²) in [6.07, 6.45) is 1.75. The van der Waals surface area contributed by atoms with Gasteiger partial charge in [-0.25, -0.2) is 8.42 Å². The molecule has 1 heterocycles. The highest BCUT2D eigenvalue weighted by Crippen LogP contribution is 2.31. The lowest BCUT2D eigenvalue weighted by Gasteiger charge is -2.08. The standard InChI is InChI=1S/C17H17NO2S/c1-13(2)18-12-17(15-10-6-7-11-16(15)18)21(19,20)14-8-4-3-5-9-14/h3-13H,1-2H3. The molecule has 1 aromatic heterocycles. The van der Waals surface area contributed by atoms with Gasteiger partial charge in [-0.1, -0.05) is 36.4 Å². The second-order valence-electron chi connectivity index (χ2n) is 5.33. The van der Waals surface area contributed by atoms with Gasteiger partial charge in [0, 0.05) is 23.1 Å². The van der Waals surface area contributed by atoms with Crippen molar-refractivity contribution in [2.75, 3.05) is 0 Å². The first-order chi connectivity index (χ1) is 10.0. The van der Waals surface area contributed by atoms with Crippen LogP contribution >= 0.6 is 0 Å². The number of hydrogen-bond donors (Lipinski definition) is 0. The van der Waals surface area contributed by atoms with Crippen molar-refractivity contribution < 1.29 is 8.42 Å². The maximum Gasteiger partial charge on any atom is 0.208 e. The Morgan fingerprint density at radius 3 is 2.19 bits per heavy atom. The first kappa shape index (κ1) is 13.9. The van der Waals surface area contributed by atoms with Crippen LogP contribution < -0.4 is 0 Å². The molecule has 3 nitrogen and oxygen atoms in total. The van der Waals surface area contributed by atoms with E-state index in [0.29, 0.717) is 9.79 Å². The molecule has 3 rings (SSSR count). The molecule has 108 valence electrons. The van der Waals surface area contributed by atoms with E-state index in [1.54, 1.807) is 30.5 Å². The van der Waals surface area contributed by atoms with Crippen LogP contribution in [0.15, 0.2) is 70.6 Å². The summed E-state index contributed by atoms with van der Waals surface area (Å²) >= 11 is 0. The normalized spacial score (nSPS) is 12.1. The lowest BCUT2D eigenvalue weighted by Crippen LogP contribution is -2.02. The fourth-order valence-corrected chi connectivity index (χ4v) is 4.02. The zero-order valence-electron chi connectivity index (χ0n) is 12.0. The summed E-state index contributed by atoms with van der Waals surface area (Å²) in [5.74, 6) is 0. The molecule has 0 aliphatic heterocycles. The Morgan fingerprint density at radius 2 is 1.52 bits per heavy atom. The highest BCUT2D eigenvalue weighted by molar-refractivity contribution is 7.91. The average molecular weight is 299 g/mol. The quantitative estimate of drug-likeness (QED) is 0.731. The molecule has 0 spiro atoms. The predicted molar refractivity (Wildman–Crippen MR) is 84.2 cm³/mol. The van der Waals surface area contributed by atoms with Gasteiger partial charge in [-0.15, -0.1) is 0 Å². The Hall–Kier alpha value is -2.07. The monoisotopic (exact) mass is 299 g/mol. The van der Waals surface area contributed by atoms with Crippen molar-refractivity contribution in [3.63, 3.8) is 0 Å². The van der Waals surface area contributed by atoms with E-state index >= 15 is 0 Å². The third-order valence-corrected chi connectivity index (χ3v) is 5.40. The Bertz CT molecular complexity index is 878. The van der Waals surface area contributed by atoms with Crippen LogP contribution in [0, 0.1) is 0 Å². The van der Waals surface area contributed by atoms with Crippen molar-refractivity contribution >= 4 is 20.7 Å². The van der Waals surface area contributed by atoms with E-state index < -0.39 is 9.84 Å². The van der Waals surface area contributed by atoms with Gasteiger partial charge in [-0.05, 0) is 32.0 Å². The summed E-state index contributed by atoms with van der Waals surface area (Å²) in [5.41, 5.74) is 0.946. The number of para-hydroxylation sites is 1. The molecule has 0 saturated heterocycles.